The Kier molecular flexibility index (Phi) is 4.45. The molecule has 0 saturated heterocycles. The number of thioether (sulfide) groups is 1. The third-order valence-electron chi connectivity index (χ3n) is 2.34. The lowest BCUT2D eigenvalue weighted by Crippen LogP contribution is -1.96. The zero-order chi connectivity index (χ0) is 12.1. The molecule has 0 unspecified atom stereocenters. The van der Waals surface area contributed by atoms with Gasteiger partial charge < -0.3 is 5.32 Å². The van der Waals surface area contributed by atoms with Gasteiger partial charge in [0.25, 0.3) is 0 Å². The molecule has 0 bridgehead atoms. The second-order valence-corrected chi connectivity index (χ2v) is 5.47. The van der Waals surface area contributed by atoms with Crippen LogP contribution in [-0.4, -0.2) is 12.0 Å². The van der Waals surface area contributed by atoms with Gasteiger partial charge in [0.05, 0.1) is 0 Å². The molecule has 0 aliphatic heterocycles. The fraction of sp³-hybridized carbons (Fsp3) is 0.154. The Labute approximate surface area is 114 Å². The molecule has 1 aromatic heterocycles. The van der Waals surface area contributed by atoms with Crippen LogP contribution in [0.25, 0.3) is 0 Å². The van der Waals surface area contributed by atoms with E-state index in [-0.39, 0.29) is 0 Å². The van der Waals surface area contributed by atoms with Crippen LogP contribution in [0, 0.1) is 0 Å². The zero-order valence-corrected chi connectivity index (χ0v) is 11.9. The molecule has 2 nitrogen and oxygen atoms in total. The standard InChI is InChI=1S/C13H13BrN2S/c1-15-13-10(3-2-8-16-13)9-17-12-6-4-11(14)5-7-12/h2-8H,9H2,1H3,(H,15,16). The van der Waals surface area contributed by atoms with Crippen LogP contribution >= 0.6 is 27.7 Å². The van der Waals surface area contributed by atoms with Gasteiger partial charge in [0, 0.05) is 33.9 Å². The van der Waals surface area contributed by atoms with E-state index >= 15 is 0 Å². The summed E-state index contributed by atoms with van der Waals surface area (Å²) >= 11 is 5.25. The number of aromatic nitrogens is 1. The van der Waals surface area contributed by atoms with Crippen molar-refractivity contribution in [1.29, 1.82) is 0 Å². The van der Waals surface area contributed by atoms with Gasteiger partial charge in [0.1, 0.15) is 5.82 Å². The van der Waals surface area contributed by atoms with Gasteiger partial charge in [-0.1, -0.05) is 22.0 Å². The van der Waals surface area contributed by atoms with Gasteiger partial charge in [0.15, 0.2) is 0 Å². The average molecular weight is 309 g/mol. The fourth-order valence-electron chi connectivity index (χ4n) is 1.47. The Bertz CT molecular complexity index is 485. The van der Waals surface area contributed by atoms with Crippen LogP contribution in [0.3, 0.4) is 0 Å². The molecule has 2 aromatic rings. The lowest BCUT2D eigenvalue weighted by Gasteiger charge is -2.07. The third-order valence-corrected chi connectivity index (χ3v) is 3.93. The second-order valence-electron chi connectivity index (χ2n) is 3.50. The van der Waals surface area contributed by atoms with Gasteiger partial charge in [-0.2, -0.15) is 0 Å². The molecule has 0 fully saturated rings. The normalized spacial score (nSPS) is 10.2. The second kappa shape index (κ2) is 6.07. The molecule has 0 spiro atoms. The van der Waals surface area contributed by atoms with E-state index in [4.69, 9.17) is 0 Å². The summed E-state index contributed by atoms with van der Waals surface area (Å²) in [6.45, 7) is 0. The Hall–Kier alpha value is -1.00. The van der Waals surface area contributed by atoms with Crippen molar-refractivity contribution in [3.05, 3.63) is 52.6 Å². The van der Waals surface area contributed by atoms with Crippen molar-refractivity contribution < 1.29 is 0 Å². The first-order chi connectivity index (χ1) is 8.29. The van der Waals surface area contributed by atoms with Gasteiger partial charge in [-0.05, 0) is 30.3 Å². The highest BCUT2D eigenvalue weighted by molar-refractivity contribution is 9.10. The van der Waals surface area contributed by atoms with Crippen LogP contribution < -0.4 is 5.32 Å². The summed E-state index contributed by atoms with van der Waals surface area (Å²) in [7, 11) is 1.90. The summed E-state index contributed by atoms with van der Waals surface area (Å²) in [4.78, 5) is 5.55. The molecule has 4 heteroatoms. The number of halogens is 1. The van der Waals surface area contributed by atoms with Crippen LogP contribution in [0.5, 0.6) is 0 Å². The molecular formula is C13H13BrN2S. The van der Waals surface area contributed by atoms with Crippen molar-refractivity contribution >= 4 is 33.5 Å². The highest BCUT2D eigenvalue weighted by Crippen LogP contribution is 2.26. The Morgan fingerprint density at radius 3 is 2.71 bits per heavy atom. The van der Waals surface area contributed by atoms with Gasteiger partial charge in [-0.25, -0.2) is 4.98 Å². The van der Waals surface area contributed by atoms with E-state index in [1.165, 1.54) is 10.5 Å². The molecular weight excluding hydrogens is 296 g/mol. The van der Waals surface area contributed by atoms with Crippen molar-refractivity contribution in [3.8, 4) is 0 Å². The summed E-state index contributed by atoms with van der Waals surface area (Å²) in [5, 5.41) is 3.11. The number of hydrogen-bond donors (Lipinski definition) is 1. The Balaban J connectivity index is 2.04. The summed E-state index contributed by atoms with van der Waals surface area (Å²) in [5.74, 6) is 1.88. The highest BCUT2D eigenvalue weighted by atomic mass is 79.9. The molecule has 0 aliphatic carbocycles. The molecule has 1 N–H and O–H groups in total. The minimum Gasteiger partial charge on any atom is -0.373 e. The molecule has 0 aliphatic rings. The lowest BCUT2D eigenvalue weighted by molar-refractivity contribution is 1.22. The monoisotopic (exact) mass is 308 g/mol. The highest BCUT2D eigenvalue weighted by Gasteiger charge is 2.02. The van der Waals surface area contributed by atoms with Crippen molar-refractivity contribution in [2.24, 2.45) is 0 Å². The number of pyridine rings is 1. The molecule has 1 heterocycles. The maximum atomic E-state index is 4.29. The Morgan fingerprint density at radius 1 is 1.24 bits per heavy atom. The van der Waals surface area contributed by atoms with E-state index in [9.17, 15) is 0 Å². The quantitative estimate of drug-likeness (QED) is 0.858. The molecule has 17 heavy (non-hydrogen) atoms. The number of hydrogen-bond acceptors (Lipinski definition) is 3. The van der Waals surface area contributed by atoms with Crippen molar-refractivity contribution in [1.82, 2.24) is 4.98 Å². The van der Waals surface area contributed by atoms with Crippen LogP contribution in [-0.2, 0) is 5.75 Å². The topological polar surface area (TPSA) is 24.9 Å². The predicted octanol–water partition coefficient (Wildman–Crippen LogP) is 4.18. The maximum Gasteiger partial charge on any atom is 0.129 e. The lowest BCUT2D eigenvalue weighted by atomic mass is 10.3. The molecule has 0 amide bonds. The van der Waals surface area contributed by atoms with Crippen LogP contribution in [0.4, 0.5) is 5.82 Å². The Morgan fingerprint density at radius 2 is 2.00 bits per heavy atom. The van der Waals surface area contributed by atoms with Gasteiger partial charge in [-0.15, -0.1) is 11.8 Å². The molecule has 88 valence electrons. The summed E-state index contributed by atoms with van der Waals surface area (Å²) < 4.78 is 1.11. The number of nitrogens with zero attached hydrogens (tertiary/aromatic N) is 1. The zero-order valence-electron chi connectivity index (χ0n) is 9.48. The summed E-state index contributed by atoms with van der Waals surface area (Å²) in [6, 6.07) is 12.4. The van der Waals surface area contributed by atoms with Crippen molar-refractivity contribution in [3.63, 3.8) is 0 Å². The third kappa shape index (κ3) is 3.48. The average Bonchev–Trinajstić information content (AvgIpc) is 2.38. The van der Waals surface area contributed by atoms with Crippen LogP contribution in [0.2, 0.25) is 0 Å². The summed E-state index contributed by atoms with van der Waals surface area (Å²) in [5.41, 5.74) is 1.22. The minimum absolute atomic E-state index is 0.922. The van der Waals surface area contributed by atoms with Crippen molar-refractivity contribution in [2.75, 3.05) is 12.4 Å². The van der Waals surface area contributed by atoms with Gasteiger partial charge in [-0.3, -0.25) is 0 Å². The van der Waals surface area contributed by atoms with Crippen LogP contribution in [0.1, 0.15) is 5.56 Å². The van der Waals surface area contributed by atoms with Gasteiger partial charge >= 0.3 is 0 Å². The van der Waals surface area contributed by atoms with E-state index in [1.54, 1.807) is 6.20 Å². The van der Waals surface area contributed by atoms with E-state index < -0.39 is 0 Å². The predicted molar refractivity (Wildman–Crippen MR) is 77.5 cm³/mol. The number of benzene rings is 1. The molecule has 0 saturated carbocycles. The van der Waals surface area contributed by atoms with E-state index in [0.29, 0.717) is 0 Å². The SMILES string of the molecule is CNc1ncccc1CSc1ccc(Br)cc1. The molecule has 0 atom stereocenters. The minimum atomic E-state index is 0.922. The smallest absolute Gasteiger partial charge is 0.129 e. The summed E-state index contributed by atoms with van der Waals surface area (Å²) in [6.07, 6.45) is 1.81. The maximum absolute atomic E-state index is 4.29. The van der Waals surface area contributed by atoms with Crippen molar-refractivity contribution in [2.45, 2.75) is 10.6 Å². The molecule has 1 aromatic carbocycles. The van der Waals surface area contributed by atoms with E-state index in [1.807, 2.05) is 24.9 Å². The number of nitrogens with one attached hydrogen (secondary N) is 1. The molecule has 2 rings (SSSR count). The number of anilines is 1. The fourth-order valence-corrected chi connectivity index (χ4v) is 2.62. The van der Waals surface area contributed by atoms with Crippen LogP contribution in [0.15, 0.2) is 52.0 Å². The first-order valence-electron chi connectivity index (χ1n) is 5.29. The largest absolute Gasteiger partial charge is 0.373 e. The number of rotatable bonds is 4. The van der Waals surface area contributed by atoms with E-state index in [2.05, 4.69) is 56.6 Å². The first-order valence-corrected chi connectivity index (χ1v) is 7.07. The van der Waals surface area contributed by atoms with E-state index in [0.717, 1.165) is 16.0 Å². The van der Waals surface area contributed by atoms with Gasteiger partial charge in [0.2, 0.25) is 0 Å². The molecule has 0 radical (unpaired) electrons. The first kappa shape index (κ1) is 12.5.